The fourth-order valence-corrected chi connectivity index (χ4v) is 9.02. The molecule has 4 aliphatic carbocycles. The third-order valence-corrected chi connectivity index (χ3v) is 10.8. The molecule has 28 heavy (non-hydrogen) atoms. The second-order valence-corrected chi connectivity index (χ2v) is 12.0. The van der Waals surface area contributed by atoms with E-state index in [0.717, 1.165) is 41.4 Å². The first-order valence-corrected chi connectivity index (χ1v) is 13.6. The molecule has 0 bridgehead atoms. The second-order valence-electron chi connectivity index (χ2n) is 12.0. The molecular formula is C28H50. The van der Waals surface area contributed by atoms with Crippen LogP contribution >= 0.6 is 0 Å². The van der Waals surface area contributed by atoms with E-state index in [1.165, 1.54) is 57.8 Å². The summed E-state index contributed by atoms with van der Waals surface area (Å²) in [5, 5.41) is 0. The lowest BCUT2D eigenvalue weighted by Crippen LogP contribution is -2.42. The van der Waals surface area contributed by atoms with Gasteiger partial charge in [0.15, 0.2) is 0 Å². The molecule has 0 aromatic heterocycles. The first-order chi connectivity index (χ1) is 13.6. The average Bonchev–Trinajstić information content (AvgIpc) is 3.07. The minimum atomic E-state index is 0.620. The van der Waals surface area contributed by atoms with Gasteiger partial charge in [-0.15, -0.1) is 0 Å². The number of rotatable bonds is 6. The summed E-state index contributed by atoms with van der Waals surface area (Å²) in [5.74, 6) is 7.37. The lowest BCUT2D eigenvalue weighted by Gasteiger charge is -2.51. The first-order valence-electron chi connectivity index (χ1n) is 13.6. The van der Waals surface area contributed by atoms with Crippen LogP contribution < -0.4 is 0 Å². The Balaban J connectivity index is 1.57. The van der Waals surface area contributed by atoms with Gasteiger partial charge in [-0.2, -0.15) is 0 Å². The topological polar surface area (TPSA) is 0 Å². The average molecular weight is 387 g/mol. The van der Waals surface area contributed by atoms with Gasteiger partial charge in [0, 0.05) is 0 Å². The van der Waals surface area contributed by atoms with E-state index in [-0.39, 0.29) is 0 Å². The molecule has 4 saturated carbocycles. The Morgan fingerprint density at radius 1 is 0.786 bits per heavy atom. The maximum Gasteiger partial charge on any atom is -0.0269 e. The maximum atomic E-state index is 2.78. The zero-order chi connectivity index (χ0) is 19.6. The van der Waals surface area contributed by atoms with E-state index in [9.17, 15) is 0 Å². The van der Waals surface area contributed by atoms with Crippen molar-refractivity contribution in [1.82, 2.24) is 0 Å². The maximum absolute atomic E-state index is 2.78. The summed E-state index contributed by atoms with van der Waals surface area (Å²) in [4.78, 5) is 0. The Labute approximate surface area is 177 Å². The first kappa shape index (κ1) is 21.2. The van der Waals surface area contributed by atoms with Gasteiger partial charge in [0.2, 0.25) is 0 Å². The van der Waals surface area contributed by atoms with Gasteiger partial charge in [0.25, 0.3) is 0 Å². The van der Waals surface area contributed by atoms with Gasteiger partial charge in [-0.1, -0.05) is 97.8 Å². The molecule has 0 aromatic rings. The number of hydrogen-bond acceptors (Lipinski definition) is 0. The quantitative estimate of drug-likeness (QED) is 0.427. The van der Waals surface area contributed by atoms with Crippen molar-refractivity contribution >= 4 is 0 Å². The highest BCUT2D eigenvalue weighted by Gasteiger charge is 2.48. The molecule has 4 rings (SSSR count). The van der Waals surface area contributed by atoms with Crippen LogP contribution in [0.5, 0.6) is 0 Å². The summed E-state index contributed by atoms with van der Waals surface area (Å²) in [6, 6.07) is 0. The molecule has 0 spiro atoms. The Hall–Kier alpha value is 0. The van der Waals surface area contributed by atoms with Crippen LogP contribution in [0, 0.1) is 46.8 Å². The molecule has 0 radical (unpaired) electrons. The van der Waals surface area contributed by atoms with Crippen molar-refractivity contribution in [3.05, 3.63) is 0 Å². The molecule has 4 fully saturated rings. The van der Waals surface area contributed by atoms with E-state index in [4.69, 9.17) is 0 Å². The highest BCUT2D eigenvalue weighted by molar-refractivity contribution is 4.98. The molecule has 0 heteroatoms. The van der Waals surface area contributed by atoms with Crippen LogP contribution in [0.4, 0.5) is 0 Å². The molecule has 0 nitrogen and oxygen atoms in total. The SMILES string of the molecule is CCC(C)(C1CCCCC1)C(CC1C(C)CC2CCCCC21)C1CCCCC1. The van der Waals surface area contributed by atoms with Gasteiger partial charge in [0.1, 0.15) is 0 Å². The van der Waals surface area contributed by atoms with Gasteiger partial charge in [-0.05, 0) is 78.9 Å². The molecule has 0 amide bonds. The summed E-state index contributed by atoms with van der Waals surface area (Å²) in [6.45, 7) is 7.98. The van der Waals surface area contributed by atoms with Gasteiger partial charge >= 0.3 is 0 Å². The third-order valence-electron chi connectivity index (χ3n) is 10.8. The lowest BCUT2D eigenvalue weighted by atomic mass is 9.54. The molecule has 6 atom stereocenters. The van der Waals surface area contributed by atoms with Crippen LogP contribution in [-0.2, 0) is 0 Å². The number of hydrogen-bond donors (Lipinski definition) is 0. The van der Waals surface area contributed by atoms with E-state index in [2.05, 4.69) is 20.8 Å². The van der Waals surface area contributed by atoms with E-state index in [0.29, 0.717) is 5.41 Å². The van der Waals surface area contributed by atoms with Crippen molar-refractivity contribution in [2.75, 3.05) is 0 Å². The summed E-state index contributed by atoms with van der Waals surface area (Å²) < 4.78 is 0. The van der Waals surface area contributed by atoms with Crippen molar-refractivity contribution < 1.29 is 0 Å². The zero-order valence-corrected chi connectivity index (χ0v) is 19.6. The van der Waals surface area contributed by atoms with E-state index < -0.39 is 0 Å². The third kappa shape index (κ3) is 4.23. The van der Waals surface area contributed by atoms with Crippen LogP contribution in [0.1, 0.15) is 130 Å². The van der Waals surface area contributed by atoms with Gasteiger partial charge in [0.05, 0.1) is 0 Å². The molecular weight excluding hydrogens is 336 g/mol. The summed E-state index contributed by atoms with van der Waals surface area (Å²) in [7, 11) is 0. The van der Waals surface area contributed by atoms with Crippen molar-refractivity contribution in [1.29, 1.82) is 0 Å². The minimum Gasteiger partial charge on any atom is -0.0648 e. The molecule has 0 aromatic carbocycles. The van der Waals surface area contributed by atoms with Crippen molar-refractivity contribution in [2.45, 2.75) is 130 Å². The molecule has 4 aliphatic rings. The molecule has 0 aliphatic heterocycles. The number of fused-ring (bicyclic) bond motifs is 1. The highest BCUT2D eigenvalue weighted by atomic mass is 14.5. The normalized spacial score (nSPS) is 38.7. The molecule has 0 saturated heterocycles. The van der Waals surface area contributed by atoms with Crippen molar-refractivity contribution in [2.24, 2.45) is 46.8 Å². The monoisotopic (exact) mass is 386 g/mol. The molecule has 0 N–H and O–H groups in total. The van der Waals surface area contributed by atoms with Gasteiger partial charge in [-0.25, -0.2) is 0 Å². The Morgan fingerprint density at radius 3 is 2.07 bits per heavy atom. The highest BCUT2D eigenvalue weighted by Crippen LogP contribution is 2.57. The Bertz CT molecular complexity index is 468. The van der Waals surface area contributed by atoms with E-state index in [1.54, 1.807) is 51.4 Å². The fourth-order valence-electron chi connectivity index (χ4n) is 9.02. The fraction of sp³-hybridized carbons (Fsp3) is 1.00. The Kier molecular flexibility index (Phi) is 7.15. The lowest BCUT2D eigenvalue weighted by molar-refractivity contribution is -0.0116. The minimum absolute atomic E-state index is 0.620. The van der Waals surface area contributed by atoms with E-state index >= 15 is 0 Å². The van der Waals surface area contributed by atoms with E-state index in [1.807, 2.05) is 0 Å². The molecule has 0 heterocycles. The zero-order valence-electron chi connectivity index (χ0n) is 19.6. The van der Waals surface area contributed by atoms with Crippen LogP contribution in [0.15, 0.2) is 0 Å². The Morgan fingerprint density at radius 2 is 1.39 bits per heavy atom. The van der Waals surface area contributed by atoms with Crippen molar-refractivity contribution in [3.8, 4) is 0 Å². The van der Waals surface area contributed by atoms with Crippen LogP contribution in [0.3, 0.4) is 0 Å². The predicted octanol–water partition coefficient (Wildman–Crippen LogP) is 9.03. The smallest absolute Gasteiger partial charge is 0.0269 e. The summed E-state index contributed by atoms with van der Waals surface area (Å²) in [6.07, 6.45) is 26.1. The van der Waals surface area contributed by atoms with Gasteiger partial charge in [-0.3, -0.25) is 0 Å². The van der Waals surface area contributed by atoms with Crippen LogP contribution in [0.2, 0.25) is 0 Å². The second kappa shape index (κ2) is 9.43. The van der Waals surface area contributed by atoms with Crippen LogP contribution in [-0.4, -0.2) is 0 Å². The molecule has 6 unspecified atom stereocenters. The predicted molar refractivity (Wildman–Crippen MR) is 122 cm³/mol. The largest absolute Gasteiger partial charge is 0.0648 e. The van der Waals surface area contributed by atoms with Crippen molar-refractivity contribution in [3.63, 3.8) is 0 Å². The summed E-state index contributed by atoms with van der Waals surface area (Å²) in [5.41, 5.74) is 0.620. The molecule has 162 valence electrons. The van der Waals surface area contributed by atoms with Crippen LogP contribution in [0.25, 0.3) is 0 Å². The summed E-state index contributed by atoms with van der Waals surface area (Å²) >= 11 is 0. The standard InChI is InChI=1S/C28H50/c1-4-28(3,24-16-9-6-10-17-24)27(22-13-7-5-8-14-22)20-26-21(2)19-23-15-11-12-18-25(23)26/h21-27H,4-20H2,1-3H3. The van der Waals surface area contributed by atoms with Gasteiger partial charge < -0.3 is 0 Å².